The van der Waals surface area contributed by atoms with Crippen molar-refractivity contribution in [3.8, 4) is 0 Å². The fourth-order valence-electron chi connectivity index (χ4n) is 2.06. The van der Waals surface area contributed by atoms with Gasteiger partial charge in [-0.05, 0) is 11.6 Å². The SMILES string of the molecule is CN(C)C(=O)CN1CCCN(C(=O)c2nn[nH]n2)CC1. The third-order valence-electron chi connectivity index (χ3n) is 3.27. The maximum Gasteiger partial charge on any atom is 0.295 e. The third-order valence-corrected chi connectivity index (χ3v) is 3.27. The summed E-state index contributed by atoms with van der Waals surface area (Å²) >= 11 is 0. The van der Waals surface area contributed by atoms with Gasteiger partial charge in [-0.15, -0.1) is 10.2 Å². The van der Waals surface area contributed by atoms with Gasteiger partial charge in [0.15, 0.2) is 0 Å². The first-order chi connectivity index (χ1) is 9.58. The number of hydrogen-bond acceptors (Lipinski definition) is 6. The van der Waals surface area contributed by atoms with Crippen molar-refractivity contribution in [2.75, 3.05) is 46.8 Å². The number of nitrogens with zero attached hydrogens (tertiary/aromatic N) is 6. The van der Waals surface area contributed by atoms with E-state index in [0.29, 0.717) is 26.2 Å². The summed E-state index contributed by atoms with van der Waals surface area (Å²) in [6, 6.07) is 0. The largest absolute Gasteiger partial charge is 0.348 e. The van der Waals surface area contributed by atoms with Crippen molar-refractivity contribution in [1.82, 2.24) is 35.3 Å². The molecule has 0 radical (unpaired) electrons. The molecular formula is C11H19N7O2. The normalized spacial score (nSPS) is 16.8. The van der Waals surface area contributed by atoms with Crippen molar-refractivity contribution < 1.29 is 9.59 Å². The predicted octanol–water partition coefficient (Wildman–Crippen LogP) is -1.56. The predicted molar refractivity (Wildman–Crippen MR) is 69.8 cm³/mol. The summed E-state index contributed by atoms with van der Waals surface area (Å²) < 4.78 is 0. The Balaban J connectivity index is 1.89. The van der Waals surface area contributed by atoms with Crippen molar-refractivity contribution in [3.05, 3.63) is 5.82 Å². The van der Waals surface area contributed by atoms with Gasteiger partial charge >= 0.3 is 0 Å². The summed E-state index contributed by atoms with van der Waals surface area (Å²) in [4.78, 5) is 29.1. The fraction of sp³-hybridized carbons (Fsp3) is 0.727. The van der Waals surface area contributed by atoms with Crippen LogP contribution >= 0.6 is 0 Å². The van der Waals surface area contributed by atoms with Crippen LogP contribution in [0.5, 0.6) is 0 Å². The first-order valence-electron chi connectivity index (χ1n) is 6.53. The first-order valence-corrected chi connectivity index (χ1v) is 6.53. The van der Waals surface area contributed by atoms with Gasteiger partial charge in [-0.2, -0.15) is 5.21 Å². The van der Waals surface area contributed by atoms with E-state index >= 15 is 0 Å². The maximum absolute atomic E-state index is 12.1. The van der Waals surface area contributed by atoms with Gasteiger partial charge in [-0.3, -0.25) is 14.5 Å². The summed E-state index contributed by atoms with van der Waals surface area (Å²) in [6.45, 7) is 3.06. The lowest BCUT2D eigenvalue weighted by atomic mass is 10.3. The highest BCUT2D eigenvalue weighted by atomic mass is 16.2. The van der Waals surface area contributed by atoms with Crippen molar-refractivity contribution in [2.45, 2.75) is 6.42 Å². The molecule has 20 heavy (non-hydrogen) atoms. The van der Waals surface area contributed by atoms with Crippen LogP contribution in [0.3, 0.4) is 0 Å². The molecule has 0 spiro atoms. The summed E-state index contributed by atoms with van der Waals surface area (Å²) in [5.74, 6) is -0.0645. The van der Waals surface area contributed by atoms with Crippen LogP contribution in [0.2, 0.25) is 0 Å². The first kappa shape index (κ1) is 14.4. The Morgan fingerprint density at radius 3 is 2.70 bits per heavy atom. The molecule has 1 aromatic heterocycles. The minimum Gasteiger partial charge on any atom is -0.348 e. The Hall–Kier alpha value is -2.03. The second-order valence-electron chi connectivity index (χ2n) is 4.95. The van der Waals surface area contributed by atoms with Crippen LogP contribution in [0, 0.1) is 0 Å². The van der Waals surface area contributed by atoms with Gasteiger partial charge in [0.2, 0.25) is 5.91 Å². The highest BCUT2D eigenvalue weighted by Gasteiger charge is 2.23. The number of likely N-dealkylation sites (N-methyl/N-ethyl adjacent to an activating group) is 1. The van der Waals surface area contributed by atoms with Crippen LogP contribution in [-0.4, -0.2) is 94.0 Å². The molecule has 2 rings (SSSR count). The Kier molecular flexibility index (Phi) is 4.61. The number of amides is 2. The minimum atomic E-state index is -0.223. The number of H-pyrrole nitrogens is 1. The maximum atomic E-state index is 12.1. The minimum absolute atomic E-state index is 0.0722. The van der Waals surface area contributed by atoms with Crippen molar-refractivity contribution >= 4 is 11.8 Å². The molecule has 0 atom stereocenters. The number of aromatic nitrogens is 4. The second-order valence-corrected chi connectivity index (χ2v) is 4.95. The zero-order chi connectivity index (χ0) is 14.5. The van der Waals surface area contributed by atoms with Crippen LogP contribution in [0.15, 0.2) is 0 Å². The van der Waals surface area contributed by atoms with Crippen LogP contribution in [0.25, 0.3) is 0 Å². The molecule has 9 nitrogen and oxygen atoms in total. The molecule has 0 saturated carbocycles. The number of tetrazole rings is 1. The topological polar surface area (TPSA) is 98.3 Å². The summed E-state index contributed by atoms with van der Waals surface area (Å²) in [5.41, 5.74) is 0. The molecule has 110 valence electrons. The molecule has 1 aromatic rings. The van der Waals surface area contributed by atoms with E-state index in [2.05, 4.69) is 25.5 Å². The molecule has 0 unspecified atom stereocenters. The monoisotopic (exact) mass is 281 g/mol. The quantitative estimate of drug-likeness (QED) is 0.719. The number of hydrogen-bond donors (Lipinski definition) is 1. The Morgan fingerprint density at radius 1 is 1.25 bits per heavy atom. The summed E-state index contributed by atoms with van der Waals surface area (Å²) in [7, 11) is 3.48. The fourth-order valence-corrected chi connectivity index (χ4v) is 2.06. The number of aromatic amines is 1. The van der Waals surface area contributed by atoms with Gasteiger partial charge in [-0.25, -0.2) is 0 Å². The molecule has 1 saturated heterocycles. The number of carbonyl (C=O) groups is 2. The number of rotatable bonds is 3. The Labute approximate surface area is 116 Å². The van der Waals surface area contributed by atoms with Gasteiger partial charge in [0.25, 0.3) is 11.7 Å². The smallest absolute Gasteiger partial charge is 0.295 e. The summed E-state index contributed by atoms with van der Waals surface area (Å²) in [6.07, 6.45) is 0.824. The lowest BCUT2D eigenvalue weighted by Gasteiger charge is -2.22. The zero-order valence-corrected chi connectivity index (χ0v) is 11.7. The van der Waals surface area contributed by atoms with Crippen LogP contribution in [-0.2, 0) is 4.79 Å². The molecule has 0 aromatic carbocycles. The highest BCUT2D eigenvalue weighted by molar-refractivity contribution is 5.90. The molecule has 1 N–H and O–H groups in total. The Bertz CT molecular complexity index is 459. The van der Waals surface area contributed by atoms with Crippen molar-refractivity contribution in [3.63, 3.8) is 0 Å². The van der Waals surface area contributed by atoms with Gasteiger partial charge in [-0.1, -0.05) is 0 Å². The molecule has 1 aliphatic rings. The molecule has 1 fully saturated rings. The lowest BCUT2D eigenvalue weighted by Crippen LogP contribution is -2.39. The average Bonchev–Trinajstić information content (AvgIpc) is 2.85. The van der Waals surface area contributed by atoms with E-state index in [1.165, 1.54) is 0 Å². The molecule has 9 heteroatoms. The van der Waals surface area contributed by atoms with Crippen molar-refractivity contribution in [1.29, 1.82) is 0 Å². The van der Waals surface area contributed by atoms with E-state index in [0.717, 1.165) is 13.0 Å². The molecule has 1 aliphatic heterocycles. The van der Waals surface area contributed by atoms with E-state index in [9.17, 15) is 9.59 Å². The van der Waals surface area contributed by atoms with Crippen LogP contribution in [0.4, 0.5) is 0 Å². The molecule has 0 bridgehead atoms. The second kappa shape index (κ2) is 6.42. The molecule has 0 aliphatic carbocycles. The van der Waals surface area contributed by atoms with E-state index in [-0.39, 0.29) is 17.6 Å². The zero-order valence-electron chi connectivity index (χ0n) is 11.7. The van der Waals surface area contributed by atoms with E-state index in [4.69, 9.17) is 0 Å². The highest BCUT2D eigenvalue weighted by Crippen LogP contribution is 2.06. The van der Waals surface area contributed by atoms with Crippen LogP contribution < -0.4 is 0 Å². The van der Waals surface area contributed by atoms with E-state index in [1.807, 2.05) is 0 Å². The van der Waals surface area contributed by atoms with Gasteiger partial charge in [0.1, 0.15) is 0 Å². The number of carbonyl (C=O) groups excluding carboxylic acids is 2. The third kappa shape index (κ3) is 3.50. The van der Waals surface area contributed by atoms with Crippen molar-refractivity contribution in [2.24, 2.45) is 0 Å². The average molecular weight is 281 g/mol. The standard InChI is InChI=1S/C11H19N7O2/c1-16(2)9(19)8-17-4-3-5-18(7-6-17)11(20)10-12-14-15-13-10/h3-8H2,1-2H3,(H,12,13,14,15). The Morgan fingerprint density at radius 2 is 2.05 bits per heavy atom. The van der Waals surface area contributed by atoms with E-state index < -0.39 is 0 Å². The van der Waals surface area contributed by atoms with Gasteiger partial charge < -0.3 is 9.80 Å². The lowest BCUT2D eigenvalue weighted by molar-refractivity contribution is -0.129. The van der Waals surface area contributed by atoms with Crippen LogP contribution in [0.1, 0.15) is 17.0 Å². The van der Waals surface area contributed by atoms with Gasteiger partial charge in [0, 0.05) is 40.3 Å². The van der Waals surface area contributed by atoms with Gasteiger partial charge in [0.05, 0.1) is 6.54 Å². The number of nitrogens with one attached hydrogen (secondary N) is 1. The molecule has 2 heterocycles. The molecular weight excluding hydrogens is 262 g/mol. The summed E-state index contributed by atoms with van der Waals surface area (Å²) in [5, 5.41) is 13.1. The van der Waals surface area contributed by atoms with E-state index in [1.54, 1.807) is 23.9 Å². The molecule has 2 amide bonds.